The number of nitrogens with zero attached hydrogens (tertiary/aromatic N) is 2. The summed E-state index contributed by atoms with van der Waals surface area (Å²) in [7, 11) is -3.95. The molecule has 1 aliphatic rings. The second-order valence-electron chi connectivity index (χ2n) is 7.12. The van der Waals surface area contributed by atoms with Gasteiger partial charge in [0.25, 0.3) is 0 Å². The molecular weight excluding hydrogens is 461 g/mol. The first-order valence-corrected chi connectivity index (χ1v) is 12.1. The van der Waals surface area contributed by atoms with Gasteiger partial charge in [0.15, 0.2) is 0 Å². The molecule has 10 heteroatoms. The van der Waals surface area contributed by atoms with E-state index in [4.69, 9.17) is 27.9 Å². The lowest BCUT2D eigenvalue weighted by atomic mass is 10.2. The van der Waals surface area contributed by atoms with Crippen molar-refractivity contribution in [3.63, 3.8) is 0 Å². The van der Waals surface area contributed by atoms with Crippen LogP contribution in [-0.4, -0.2) is 69.5 Å². The molecule has 168 valence electrons. The molecule has 3 rings (SSSR count). The monoisotopic (exact) mass is 485 g/mol. The molecule has 0 aromatic heterocycles. The number of morpholine rings is 1. The number of halogens is 2. The molecule has 0 unspecified atom stereocenters. The third-order valence-electron chi connectivity index (χ3n) is 4.93. The summed E-state index contributed by atoms with van der Waals surface area (Å²) in [6.45, 7) is 3.76. The van der Waals surface area contributed by atoms with E-state index in [2.05, 4.69) is 10.2 Å². The minimum Gasteiger partial charge on any atom is -0.379 e. The lowest BCUT2D eigenvalue weighted by Gasteiger charge is -2.27. The van der Waals surface area contributed by atoms with Gasteiger partial charge in [0.1, 0.15) is 0 Å². The minimum atomic E-state index is -3.95. The van der Waals surface area contributed by atoms with Crippen LogP contribution in [0.15, 0.2) is 53.4 Å². The predicted molar refractivity (Wildman–Crippen MR) is 121 cm³/mol. The third kappa shape index (κ3) is 6.90. The van der Waals surface area contributed by atoms with Crippen LogP contribution < -0.4 is 5.32 Å². The smallest absolute Gasteiger partial charge is 0.243 e. The van der Waals surface area contributed by atoms with Crippen LogP contribution in [0.5, 0.6) is 0 Å². The van der Waals surface area contributed by atoms with E-state index < -0.39 is 10.0 Å². The highest BCUT2D eigenvalue weighted by molar-refractivity contribution is 7.89. The second kappa shape index (κ2) is 11.3. The zero-order chi connectivity index (χ0) is 22.3. The van der Waals surface area contributed by atoms with Crippen molar-refractivity contribution in [3.05, 3.63) is 64.1 Å². The molecular formula is C21H25Cl2N3O4S. The largest absolute Gasteiger partial charge is 0.379 e. The first kappa shape index (κ1) is 24.0. The van der Waals surface area contributed by atoms with Crippen LogP contribution in [0.1, 0.15) is 5.56 Å². The fraction of sp³-hybridized carbons (Fsp3) is 0.381. The van der Waals surface area contributed by atoms with Crippen LogP contribution in [0.3, 0.4) is 0 Å². The molecule has 0 atom stereocenters. The van der Waals surface area contributed by atoms with Crippen LogP contribution in [0.4, 0.5) is 0 Å². The molecule has 0 radical (unpaired) electrons. The summed E-state index contributed by atoms with van der Waals surface area (Å²) in [4.78, 5) is 14.8. The summed E-state index contributed by atoms with van der Waals surface area (Å²) in [6.07, 6.45) is 0. The number of benzene rings is 2. The van der Waals surface area contributed by atoms with Crippen molar-refractivity contribution in [1.29, 1.82) is 0 Å². The summed E-state index contributed by atoms with van der Waals surface area (Å²) < 4.78 is 32.9. The van der Waals surface area contributed by atoms with E-state index >= 15 is 0 Å². The highest BCUT2D eigenvalue weighted by Crippen LogP contribution is 2.23. The van der Waals surface area contributed by atoms with Gasteiger partial charge in [-0.25, -0.2) is 8.42 Å². The fourth-order valence-corrected chi connectivity index (χ4v) is 4.89. The average molecular weight is 486 g/mol. The molecule has 1 fully saturated rings. The Balaban J connectivity index is 1.71. The number of ether oxygens (including phenoxy) is 1. The van der Waals surface area contributed by atoms with Crippen molar-refractivity contribution >= 4 is 39.1 Å². The summed E-state index contributed by atoms with van der Waals surface area (Å²) in [5, 5.41) is 3.68. The molecule has 1 N–H and O–H groups in total. The van der Waals surface area contributed by atoms with Crippen LogP contribution >= 0.6 is 23.2 Å². The molecule has 0 aliphatic carbocycles. The number of sulfonamides is 1. The SMILES string of the molecule is O=C(CN(Cc1ccccc1Cl)S(=O)(=O)c1ccc(Cl)cc1)NCCN1CCOCC1. The van der Waals surface area contributed by atoms with E-state index in [0.717, 1.165) is 17.4 Å². The zero-order valence-electron chi connectivity index (χ0n) is 17.0. The number of rotatable bonds is 9. The van der Waals surface area contributed by atoms with Crippen LogP contribution in [-0.2, 0) is 26.1 Å². The Kier molecular flexibility index (Phi) is 8.71. The molecule has 1 aliphatic heterocycles. The van der Waals surface area contributed by atoms with Crippen molar-refractivity contribution in [3.8, 4) is 0 Å². The molecule has 7 nitrogen and oxygen atoms in total. The van der Waals surface area contributed by atoms with Crippen molar-refractivity contribution in [2.75, 3.05) is 45.9 Å². The lowest BCUT2D eigenvalue weighted by Crippen LogP contribution is -2.44. The van der Waals surface area contributed by atoms with E-state index in [1.54, 1.807) is 24.3 Å². The summed E-state index contributed by atoms with van der Waals surface area (Å²) >= 11 is 12.1. The second-order valence-corrected chi connectivity index (χ2v) is 9.90. The number of nitrogens with one attached hydrogen (secondary N) is 1. The van der Waals surface area contributed by atoms with E-state index in [1.165, 1.54) is 24.3 Å². The maximum atomic E-state index is 13.3. The van der Waals surface area contributed by atoms with Gasteiger partial charge < -0.3 is 10.1 Å². The number of carbonyl (C=O) groups excluding carboxylic acids is 1. The van der Waals surface area contributed by atoms with Gasteiger partial charge in [-0.05, 0) is 35.9 Å². The molecule has 31 heavy (non-hydrogen) atoms. The molecule has 2 aromatic rings. The average Bonchev–Trinajstić information content (AvgIpc) is 2.76. The van der Waals surface area contributed by atoms with Crippen LogP contribution in [0, 0.1) is 0 Å². The van der Waals surface area contributed by atoms with Crippen LogP contribution in [0.2, 0.25) is 10.0 Å². The first-order chi connectivity index (χ1) is 14.9. The number of amides is 1. The zero-order valence-corrected chi connectivity index (χ0v) is 19.3. The Hall–Kier alpha value is -1.68. The molecule has 1 heterocycles. The summed E-state index contributed by atoms with van der Waals surface area (Å²) in [5.41, 5.74) is 0.614. The lowest BCUT2D eigenvalue weighted by molar-refractivity contribution is -0.121. The van der Waals surface area contributed by atoms with E-state index in [-0.39, 0.29) is 23.9 Å². The molecule has 0 spiro atoms. The third-order valence-corrected chi connectivity index (χ3v) is 7.36. The molecule has 0 bridgehead atoms. The van der Waals surface area contributed by atoms with Gasteiger partial charge in [-0.1, -0.05) is 41.4 Å². The van der Waals surface area contributed by atoms with Gasteiger partial charge in [0.2, 0.25) is 15.9 Å². The Morgan fingerprint density at radius 3 is 2.42 bits per heavy atom. The Morgan fingerprint density at radius 1 is 1.06 bits per heavy atom. The number of carbonyl (C=O) groups is 1. The first-order valence-electron chi connectivity index (χ1n) is 9.92. The van der Waals surface area contributed by atoms with Crippen LogP contribution in [0.25, 0.3) is 0 Å². The van der Waals surface area contributed by atoms with Crippen molar-refractivity contribution in [2.24, 2.45) is 0 Å². The quantitative estimate of drug-likeness (QED) is 0.590. The summed E-state index contributed by atoms with van der Waals surface area (Å²) in [5.74, 6) is -0.377. The van der Waals surface area contributed by atoms with Gasteiger partial charge >= 0.3 is 0 Å². The molecule has 2 aromatic carbocycles. The van der Waals surface area contributed by atoms with Gasteiger partial charge in [0, 0.05) is 42.8 Å². The Bertz CT molecular complexity index is 980. The van der Waals surface area contributed by atoms with Gasteiger partial charge in [-0.2, -0.15) is 4.31 Å². The van der Waals surface area contributed by atoms with Gasteiger partial charge in [-0.3, -0.25) is 9.69 Å². The van der Waals surface area contributed by atoms with E-state index in [0.29, 0.717) is 41.9 Å². The Morgan fingerprint density at radius 2 is 1.74 bits per heavy atom. The van der Waals surface area contributed by atoms with Gasteiger partial charge in [0.05, 0.1) is 24.7 Å². The predicted octanol–water partition coefficient (Wildman–Crippen LogP) is 2.63. The molecule has 0 saturated carbocycles. The topological polar surface area (TPSA) is 79.0 Å². The maximum Gasteiger partial charge on any atom is 0.243 e. The van der Waals surface area contributed by atoms with E-state index in [1.807, 2.05) is 0 Å². The highest BCUT2D eigenvalue weighted by Gasteiger charge is 2.27. The molecule has 1 saturated heterocycles. The maximum absolute atomic E-state index is 13.3. The van der Waals surface area contributed by atoms with E-state index in [9.17, 15) is 13.2 Å². The molecule has 1 amide bonds. The fourth-order valence-electron chi connectivity index (χ4n) is 3.19. The van der Waals surface area contributed by atoms with Crippen molar-refractivity contribution < 1.29 is 17.9 Å². The number of hydrogen-bond acceptors (Lipinski definition) is 5. The number of hydrogen-bond donors (Lipinski definition) is 1. The highest BCUT2D eigenvalue weighted by atomic mass is 35.5. The summed E-state index contributed by atoms with van der Waals surface area (Å²) in [6, 6.07) is 12.8. The van der Waals surface area contributed by atoms with Gasteiger partial charge in [-0.15, -0.1) is 0 Å². The normalized spacial score (nSPS) is 15.2. The Labute approximate surface area is 192 Å². The van der Waals surface area contributed by atoms with Crippen molar-refractivity contribution in [1.82, 2.24) is 14.5 Å². The van der Waals surface area contributed by atoms with Crippen molar-refractivity contribution in [2.45, 2.75) is 11.4 Å². The minimum absolute atomic E-state index is 0.0263. The standard InChI is InChI=1S/C21H25Cl2N3O4S/c22-18-5-7-19(8-6-18)31(28,29)26(15-17-3-1-2-4-20(17)23)16-21(27)24-9-10-25-11-13-30-14-12-25/h1-8H,9-16H2,(H,24,27).